The number of aromatic nitrogens is 2. The van der Waals surface area contributed by atoms with Crippen LogP contribution >= 0.6 is 0 Å². The number of likely N-dealkylation sites (N-methyl/N-ethyl adjacent to an activating group) is 1. The van der Waals surface area contributed by atoms with E-state index in [2.05, 4.69) is 15.3 Å². The molecule has 4 rings (SSSR count). The first-order valence-electron chi connectivity index (χ1n) is 12.7. The number of pyridine rings is 2. The fraction of sp³-hybridized carbons (Fsp3) is 0.357. The zero-order valence-corrected chi connectivity index (χ0v) is 22.2. The second-order valence-corrected chi connectivity index (χ2v) is 9.83. The molecule has 2 aromatic heterocycles. The van der Waals surface area contributed by atoms with Gasteiger partial charge in [-0.1, -0.05) is 13.0 Å². The lowest BCUT2D eigenvalue weighted by molar-refractivity contribution is -0.137. The highest BCUT2D eigenvalue weighted by Crippen LogP contribution is 2.31. The third-order valence-electron chi connectivity index (χ3n) is 6.78. The number of halogens is 3. The van der Waals surface area contributed by atoms with Gasteiger partial charge in [0.2, 0.25) is 5.88 Å². The molecule has 1 aromatic carbocycles. The predicted molar refractivity (Wildman–Crippen MR) is 142 cm³/mol. The third-order valence-corrected chi connectivity index (χ3v) is 6.78. The number of carbonyl (C=O) groups excluding carboxylic acids is 2. The SMILES string of the molecule is C[C@H]1CN([C@@H](C)CO)C(=O)c2cc(-c3cccnc3)cnc2O[C@H]1CN(C)C(=O)Nc1ccc(C(F)(F)F)cc1. The second-order valence-electron chi connectivity index (χ2n) is 9.83. The Bertz CT molecular complexity index is 1340. The Morgan fingerprint density at radius 1 is 1.23 bits per heavy atom. The van der Waals surface area contributed by atoms with E-state index in [9.17, 15) is 27.9 Å². The molecule has 12 heteroatoms. The highest BCUT2D eigenvalue weighted by Gasteiger charge is 2.35. The third kappa shape index (κ3) is 6.50. The maximum atomic E-state index is 13.6. The molecule has 1 aliphatic heterocycles. The number of carbonyl (C=O) groups is 2. The molecule has 9 nitrogen and oxygen atoms in total. The average molecular weight is 558 g/mol. The van der Waals surface area contributed by atoms with Crippen molar-refractivity contribution in [2.24, 2.45) is 5.92 Å². The van der Waals surface area contributed by atoms with Gasteiger partial charge in [-0.3, -0.25) is 9.78 Å². The Labute approximate surface area is 229 Å². The fourth-order valence-electron chi connectivity index (χ4n) is 4.33. The Hall–Kier alpha value is -4.19. The standard InChI is InChI=1S/C28H30F3N5O4/c1-17-14-36(18(2)16-37)26(38)23-11-20(19-5-4-10-32-12-19)13-33-25(23)40-24(17)15-35(3)27(39)34-22-8-6-21(7-9-22)28(29,30)31/h4-13,17-18,24,37H,14-16H2,1-3H3,(H,34,39)/t17-,18-,24-/m0/s1. The van der Waals surface area contributed by atoms with Crippen LogP contribution in [0.4, 0.5) is 23.7 Å². The van der Waals surface area contributed by atoms with Crippen molar-refractivity contribution in [3.63, 3.8) is 0 Å². The largest absolute Gasteiger partial charge is 0.472 e. The molecule has 212 valence electrons. The van der Waals surface area contributed by atoms with E-state index in [1.165, 1.54) is 24.1 Å². The van der Waals surface area contributed by atoms with Crippen LogP contribution in [0, 0.1) is 5.92 Å². The zero-order valence-electron chi connectivity index (χ0n) is 22.2. The molecular weight excluding hydrogens is 527 g/mol. The number of nitrogens with one attached hydrogen (secondary N) is 1. The summed E-state index contributed by atoms with van der Waals surface area (Å²) in [5.74, 6) is -0.512. The molecule has 3 amide bonds. The minimum absolute atomic E-state index is 0.0919. The van der Waals surface area contributed by atoms with Crippen molar-refractivity contribution in [2.45, 2.75) is 32.2 Å². The average Bonchev–Trinajstić information content (AvgIpc) is 2.94. The van der Waals surface area contributed by atoms with Gasteiger partial charge in [-0.25, -0.2) is 9.78 Å². The van der Waals surface area contributed by atoms with E-state index in [1.54, 1.807) is 42.5 Å². The van der Waals surface area contributed by atoms with E-state index in [0.717, 1.165) is 17.7 Å². The number of aliphatic hydroxyl groups is 1. The number of hydrogen-bond acceptors (Lipinski definition) is 6. The summed E-state index contributed by atoms with van der Waals surface area (Å²) in [5, 5.41) is 12.4. The lowest BCUT2D eigenvalue weighted by Gasteiger charge is -2.37. The minimum atomic E-state index is -4.48. The van der Waals surface area contributed by atoms with Crippen molar-refractivity contribution in [3.8, 4) is 17.0 Å². The predicted octanol–water partition coefficient (Wildman–Crippen LogP) is 4.55. The summed E-state index contributed by atoms with van der Waals surface area (Å²) in [6, 6.07) is 8.41. The van der Waals surface area contributed by atoms with Crippen LogP contribution in [0.15, 0.2) is 61.1 Å². The van der Waals surface area contributed by atoms with E-state index in [1.807, 2.05) is 13.0 Å². The Balaban J connectivity index is 1.57. The number of alkyl halides is 3. The van der Waals surface area contributed by atoms with Crippen molar-refractivity contribution in [1.29, 1.82) is 0 Å². The summed E-state index contributed by atoms with van der Waals surface area (Å²) in [5.41, 5.74) is 1.04. The summed E-state index contributed by atoms with van der Waals surface area (Å²) in [4.78, 5) is 37.9. The molecule has 0 spiro atoms. The number of fused-ring (bicyclic) bond motifs is 1. The van der Waals surface area contributed by atoms with Crippen LogP contribution in [0.5, 0.6) is 5.88 Å². The van der Waals surface area contributed by atoms with Gasteiger partial charge in [0, 0.05) is 54.9 Å². The molecule has 0 fully saturated rings. The molecule has 0 radical (unpaired) electrons. The van der Waals surface area contributed by atoms with E-state index in [4.69, 9.17) is 4.74 Å². The minimum Gasteiger partial charge on any atom is -0.472 e. The van der Waals surface area contributed by atoms with Crippen molar-refractivity contribution in [1.82, 2.24) is 19.8 Å². The normalized spacial score (nSPS) is 18.2. The number of urea groups is 1. The topological polar surface area (TPSA) is 108 Å². The van der Waals surface area contributed by atoms with Crippen molar-refractivity contribution >= 4 is 17.6 Å². The van der Waals surface area contributed by atoms with Crippen LogP contribution in [0.2, 0.25) is 0 Å². The molecule has 3 heterocycles. The maximum Gasteiger partial charge on any atom is 0.416 e. The van der Waals surface area contributed by atoms with Crippen LogP contribution in [-0.2, 0) is 6.18 Å². The molecule has 0 aliphatic carbocycles. The first-order valence-corrected chi connectivity index (χ1v) is 12.7. The lowest BCUT2D eigenvalue weighted by atomic mass is 9.99. The van der Waals surface area contributed by atoms with E-state index in [-0.39, 0.29) is 48.7 Å². The van der Waals surface area contributed by atoms with Crippen LogP contribution < -0.4 is 10.1 Å². The first-order chi connectivity index (χ1) is 19.0. The number of benzene rings is 1. The summed E-state index contributed by atoms with van der Waals surface area (Å²) in [6.45, 7) is 3.70. The van der Waals surface area contributed by atoms with E-state index in [0.29, 0.717) is 5.56 Å². The molecular formula is C28H30F3N5O4. The summed E-state index contributed by atoms with van der Waals surface area (Å²) in [6.07, 6.45) is -0.203. The van der Waals surface area contributed by atoms with Crippen LogP contribution in [0.1, 0.15) is 29.8 Å². The molecule has 0 saturated carbocycles. The van der Waals surface area contributed by atoms with Crippen molar-refractivity contribution in [2.75, 3.05) is 32.1 Å². The number of anilines is 1. The Kier molecular flexibility index (Phi) is 8.58. The van der Waals surface area contributed by atoms with Gasteiger partial charge in [-0.05, 0) is 43.3 Å². The molecule has 0 bridgehead atoms. The summed E-state index contributed by atoms with van der Waals surface area (Å²) in [7, 11) is 1.54. The number of aliphatic hydroxyl groups excluding tert-OH is 1. The number of ether oxygens (including phenoxy) is 1. The number of rotatable bonds is 6. The first kappa shape index (κ1) is 28.8. The van der Waals surface area contributed by atoms with Gasteiger partial charge in [0.1, 0.15) is 11.7 Å². The lowest BCUT2D eigenvalue weighted by Crippen LogP contribution is -2.50. The monoisotopic (exact) mass is 557 g/mol. The molecule has 0 unspecified atom stereocenters. The van der Waals surface area contributed by atoms with Gasteiger partial charge < -0.3 is 25.0 Å². The van der Waals surface area contributed by atoms with Gasteiger partial charge in [-0.15, -0.1) is 0 Å². The van der Waals surface area contributed by atoms with Gasteiger partial charge in [0.15, 0.2) is 0 Å². The molecule has 3 aromatic rings. The van der Waals surface area contributed by atoms with Gasteiger partial charge in [0.05, 0.1) is 24.8 Å². The Morgan fingerprint density at radius 2 is 1.95 bits per heavy atom. The quantitative estimate of drug-likeness (QED) is 0.461. The zero-order chi connectivity index (χ0) is 29.0. The Morgan fingerprint density at radius 3 is 2.58 bits per heavy atom. The van der Waals surface area contributed by atoms with Crippen molar-refractivity contribution in [3.05, 3.63) is 72.2 Å². The van der Waals surface area contributed by atoms with Gasteiger partial charge in [-0.2, -0.15) is 13.2 Å². The van der Waals surface area contributed by atoms with E-state index >= 15 is 0 Å². The number of amides is 3. The molecule has 3 atom stereocenters. The number of hydrogen-bond donors (Lipinski definition) is 2. The number of nitrogens with zero attached hydrogens (tertiary/aromatic N) is 4. The highest BCUT2D eigenvalue weighted by molar-refractivity contribution is 5.98. The van der Waals surface area contributed by atoms with Crippen molar-refractivity contribution < 1.29 is 32.6 Å². The van der Waals surface area contributed by atoms with Crippen LogP contribution in [0.25, 0.3) is 11.1 Å². The maximum absolute atomic E-state index is 13.6. The molecule has 0 saturated heterocycles. The van der Waals surface area contributed by atoms with Crippen LogP contribution in [-0.4, -0.2) is 75.7 Å². The second kappa shape index (κ2) is 11.9. The van der Waals surface area contributed by atoms with Gasteiger partial charge in [0.25, 0.3) is 5.91 Å². The van der Waals surface area contributed by atoms with E-state index < -0.39 is 29.9 Å². The van der Waals surface area contributed by atoms with Crippen LogP contribution in [0.3, 0.4) is 0 Å². The summed E-state index contributed by atoms with van der Waals surface area (Å²) >= 11 is 0. The molecule has 1 aliphatic rings. The smallest absolute Gasteiger partial charge is 0.416 e. The fourth-order valence-corrected chi connectivity index (χ4v) is 4.33. The molecule has 2 N–H and O–H groups in total. The highest BCUT2D eigenvalue weighted by atomic mass is 19.4. The molecule has 40 heavy (non-hydrogen) atoms. The van der Waals surface area contributed by atoms with Gasteiger partial charge >= 0.3 is 12.2 Å². The summed E-state index contributed by atoms with van der Waals surface area (Å²) < 4.78 is 44.8.